The van der Waals surface area contributed by atoms with Crippen LogP contribution >= 0.6 is 0 Å². The van der Waals surface area contributed by atoms with E-state index in [4.69, 9.17) is 12.6 Å². The van der Waals surface area contributed by atoms with Crippen molar-refractivity contribution in [2.24, 2.45) is 0 Å². The van der Waals surface area contributed by atoms with Gasteiger partial charge >= 0.3 is 0 Å². The van der Waals surface area contributed by atoms with Crippen molar-refractivity contribution < 1.29 is 14.0 Å². The number of para-hydroxylation sites is 1. The van der Waals surface area contributed by atoms with Gasteiger partial charge in [-0.05, 0) is 68.9 Å². The molecule has 0 amide bonds. The van der Waals surface area contributed by atoms with Gasteiger partial charge in [-0.1, -0.05) is 127 Å². The summed E-state index contributed by atoms with van der Waals surface area (Å²) in [6.07, 6.45) is 0. The minimum absolute atomic E-state index is 0.00176. The standard InChI is InChI=1S/C42H27NO/c1-2-11-29(12-3-1)35-25-26-39(41-36-18-8-9-20-40(36)44-42(35)41)43(38-19-10-15-28-13-5-7-17-34(28)38)32-24-23-31-22-21-30-14-4-6-16-33(30)37(31)27-32/h1-27H/i5D,7D,10D,13D,15D,17D,19D. The highest BCUT2D eigenvalue weighted by molar-refractivity contribution is 6.18. The summed E-state index contributed by atoms with van der Waals surface area (Å²) in [5.74, 6) is 0. The molecule has 9 aromatic rings. The summed E-state index contributed by atoms with van der Waals surface area (Å²) < 4.78 is 68.8. The molecule has 0 N–H and O–H groups in total. The van der Waals surface area contributed by atoms with Gasteiger partial charge in [0.1, 0.15) is 11.2 Å². The van der Waals surface area contributed by atoms with Gasteiger partial charge in [0.15, 0.2) is 0 Å². The summed E-state index contributed by atoms with van der Waals surface area (Å²) in [5.41, 5.74) is 4.35. The first-order chi connectivity index (χ1) is 24.7. The lowest BCUT2D eigenvalue weighted by atomic mass is 9.98. The van der Waals surface area contributed by atoms with E-state index in [9.17, 15) is 1.37 Å². The molecular weight excluding hydrogens is 534 g/mol. The summed E-state index contributed by atoms with van der Waals surface area (Å²) >= 11 is 0. The lowest BCUT2D eigenvalue weighted by molar-refractivity contribution is 0.670. The van der Waals surface area contributed by atoms with Crippen LogP contribution in [0.3, 0.4) is 0 Å². The number of nitrogens with zero attached hydrogens (tertiary/aromatic N) is 1. The quantitative estimate of drug-likeness (QED) is 0.196. The van der Waals surface area contributed by atoms with Gasteiger partial charge < -0.3 is 9.32 Å². The Morgan fingerprint density at radius 1 is 0.500 bits per heavy atom. The number of furan rings is 1. The van der Waals surface area contributed by atoms with Crippen molar-refractivity contribution in [3.8, 4) is 11.1 Å². The zero-order valence-electron chi connectivity index (χ0n) is 30.4. The van der Waals surface area contributed by atoms with Gasteiger partial charge in [0, 0.05) is 22.0 Å². The van der Waals surface area contributed by atoms with E-state index < -0.39 is 30.2 Å². The molecule has 0 saturated heterocycles. The third kappa shape index (κ3) is 3.82. The zero-order chi connectivity index (χ0) is 35.1. The second-order valence-corrected chi connectivity index (χ2v) is 10.8. The predicted octanol–water partition coefficient (Wildman–Crippen LogP) is 12.2. The fourth-order valence-electron chi connectivity index (χ4n) is 6.33. The molecule has 0 radical (unpaired) electrons. The molecule has 44 heavy (non-hydrogen) atoms. The highest BCUT2D eigenvalue weighted by Crippen LogP contribution is 2.48. The number of rotatable bonds is 4. The fraction of sp³-hybridized carbons (Fsp3) is 0. The van der Waals surface area contributed by atoms with Crippen molar-refractivity contribution in [1.82, 2.24) is 0 Å². The van der Waals surface area contributed by atoms with Crippen LogP contribution in [0.2, 0.25) is 0 Å². The Bertz CT molecular complexity index is 2890. The Hall–Kier alpha value is -5.86. The normalized spacial score (nSPS) is 13.9. The Kier molecular flexibility index (Phi) is 4.17. The summed E-state index contributed by atoms with van der Waals surface area (Å²) in [6.45, 7) is 0. The average molecular weight is 569 g/mol. The molecule has 0 unspecified atom stereocenters. The van der Waals surface area contributed by atoms with E-state index in [1.165, 1.54) is 0 Å². The van der Waals surface area contributed by atoms with E-state index in [-0.39, 0.29) is 28.5 Å². The number of benzene rings is 8. The van der Waals surface area contributed by atoms with Crippen LogP contribution in [0.25, 0.3) is 65.4 Å². The van der Waals surface area contributed by atoms with Crippen molar-refractivity contribution in [3.63, 3.8) is 0 Å². The Morgan fingerprint density at radius 2 is 1.23 bits per heavy atom. The predicted molar refractivity (Wildman–Crippen MR) is 186 cm³/mol. The maximum atomic E-state index is 9.42. The van der Waals surface area contributed by atoms with Crippen molar-refractivity contribution in [2.75, 3.05) is 4.90 Å². The van der Waals surface area contributed by atoms with Gasteiger partial charge in [-0.15, -0.1) is 0 Å². The van der Waals surface area contributed by atoms with Gasteiger partial charge in [0.2, 0.25) is 0 Å². The van der Waals surface area contributed by atoms with E-state index in [0.29, 0.717) is 22.5 Å². The van der Waals surface area contributed by atoms with Crippen LogP contribution in [0.15, 0.2) is 168 Å². The maximum absolute atomic E-state index is 9.42. The molecular formula is C42H27NO. The number of anilines is 3. The van der Waals surface area contributed by atoms with E-state index in [2.05, 4.69) is 18.2 Å². The van der Waals surface area contributed by atoms with E-state index in [0.717, 1.165) is 43.4 Å². The lowest BCUT2D eigenvalue weighted by Crippen LogP contribution is -2.11. The van der Waals surface area contributed by atoms with Crippen LogP contribution < -0.4 is 4.90 Å². The highest BCUT2D eigenvalue weighted by Gasteiger charge is 2.23. The second kappa shape index (κ2) is 9.86. The van der Waals surface area contributed by atoms with Gasteiger partial charge in [0.25, 0.3) is 0 Å². The Morgan fingerprint density at radius 3 is 2.14 bits per heavy atom. The lowest BCUT2D eigenvalue weighted by Gasteiger charge is -2.28. The molecule has 0 aliphatic heterocycles. The molecule has 0 fully saturated rings. The molecule has 0 spiro atoms. The first-order valence-corrected chi connectivity index (χ1v) is 14.5. The minimum Gasteiger partial charge on any atom is -0.455 e. The van der Waals surface area contributed by atoms with Crippen LogP contribution in [-0.2, 0) is 0 Å². The molecule has 0 bridgehead atoms. The van der Waals surface area contributed by atoms with Crippen LogP contribution in [0.5, 0.6) is 0 Å². The summed E-state index contributed by atoms with van der Waals surface area (Å²) in [7, 11) is 0. The van der Waals surface area contributed by atoms with Crippen LogP contribution in [0.1, 0.15) is 9.60 Å². The molecule has 8 aromatic carbocycles. The van der Waals surface area contributed by atoms with Gasteiger partial charge in [-0.3, -0.25) is 0 Å². The summed E-state index contributed by atoms with van der Waals surface area (Å²) in [6, 6.07) is 36.7. The van der Waals surface area contributed by atoms with Crippen molar-refractivity contribution in [1.29, 1.82) is 0 Å². The van der Waals surface area contributed by atoms with E-state index >= 15 is 0 Å². The molecule has 0 atom stereocenters. The van der Waals surface area contributed by atoms with Gasteiger partial charge in [0.05, 0.1) is 26.4 Å². The smallest absolute Gasteiger partial charge is 0.145 e. The monoisotopic (exact) mass is 568 g/mol. The van der Waals surface area contributed by atoms with Crippen LogP contribution in [0.4, 0.5) is 17.1 Å². The molecule has 206 valence electrons. The molecule has 1 aromatic heterocycles. The molecule has 0 saturated carbocycles. The highest BCUT2D eigenvalue weighted by atomic mass is 16.3. The molecule has 0 aliphatic carbocycles. The topological polar surface area (TPSA) is 16.4 Å². The molecule has 2 heteroatoms. The van der Waals surface area contributed by atoms with Crippen molar-refractivity contribution in [2.45, 2.75) is 0 Å². The molecule has 9 rings (SSSR count). The summed E-state index contributed by atoms with van der Waals surface area (Å²) in [4.78, 5) is 1.81. The van der Waals surface area contributed by atoms with E-state index in [1.54, 1.807) is 0 Å². The third-order valence-corrected chi connectivity index (χ3v) is 8.33. The molecule has 1 heterocycles. The molecule has 0 aliphatic rings. The largest absolute Gasteiger partial charge is 0.455 e. The number of hydrogen-bond donors (Lipinski definition) is 0. The minimum atomic E-state index is -0.497. The first-order valence-electron chi connectivity index (χ1n) is 18.0. The van der Waals surface area contributed by atoms with E-state index in [1.807, 2.05) is 108 Å². The average Bonchev–Trinajstić information content (AvgIpc) is 3.56. The Balaban J connectivity index is 1.49. The number of fused-ring (bicyclic) bond motifs is 7. The van der Waals surface area contributed by atoms with Crippen molar-refractivity contribution >= 4 is 71.3 Å². The third-order valence-electron chi connectivity index (χ3n) is 8.33. The summed E-state index contributed by atoms with van der Waals surface area (Å²) in [5, 5.41) is 5.47. The van der Waals surface area contributed by atoms with Crippen molar-refractivity contribution in [3.05, 3.63) is 164 Å². The van der Waals surface area contributed by atoms with Crippen LogP contribution in [0, 0.1) is 0 Å². The second-order valence-electron chi connectivity index (χ2n) is 10.8. The van der Waals surface area contributed by atoms with Gasteiger partial charge in [-0.2, -0.15) is 0 Å². The zero-order valence-corrected chi connectivity index (χ0v) is 23.4. The SMILES string of the molecule is [2H]c1c([2H])c([2H])c2c(N(c3ccc4ccc5ccccc5c4c3)c3ccc(-c4ccccc4)c4oc5ccccc5c34)c([2H])c([2H])c([2H])c2c1[2H]. The maximum Gasteiger partial charge on any atom is 0.145 e. The molecule has 2 nitrogen and oxygen atoms in total. The number of hydrogen-bond acceptors (Lipinski definition) is 2. The van der Waals surface area contributed by atoms with Gasteiger partial charge in [-0.25, -0.2) is 0 Å². The van der Waals surface area contributed by atoms with Crippen LogP contribution in [-0.4, -0.2) is 0 Å². The Labute approximate surface area is 264 Å². The fourth-order valence-corrected chi connectivity index (χ4v) is 6.33. The first kappa shape index (κ1) is 18.6.